The highest BCUT2D eigenvalue weighted by Crippen LogP contribution is 2.30. The van der Waals surface area contributed by atoms with E-state index in [1.807, 2.05) is 0 Å². The van der Waals surface area contributed by atoms with Crippen molar-refractivity contribution in [2.45, 2.75) is 19.3 Å². The van der Waals surface area contributed by atoms with E-state index in [9.17, 15) is 4.79 Å². The molecule has 0 unspecified atom stereocenters. The molecule has 2 aliphatic rings. The molecule has 0 aromatic heterocycles. The fourth-order valence-electron chi connectivity index (χ4n) is 2.70. The third-order valence-electron chi connectivity index (χ3n) is 3.87. The van der Waals surface area contributed by atoms with E-state index in [0.29, 0.717) is 36.9 Å². The van der Waals surface area contributed by atoms with Crippen LogP contribution in [0.5, 0.6) is 11.5 Å². The zero-order valence-electron chi connectivity index (χ0n) is 12.6. The van der Waals surface area contributed by atoms with Crippen molar-refractivity contribution >= 4 is 5.97 Å². The molecule has 5 nitrogen and oxygen atoms in total. The molecule has 0 amide bonds. The van der Waals surface area contributed by atoms with Gasteiger partial charge in [-0.05, 0) is 44.1 Å². The number of likely N-dealkylation sites (tertiary alicyclic amines) is 1. The lowest BCUT2D eigenvalue weighted by Gasteiger charge is -2.25. The lowest BCUT2D eigenvalue weighted by molar-refractivity contribution is -0.0000242. The minimum Gasteiger partial charge on any atom is -1.00 e. The zero-order valence-corrected chi connectivity index (χ0v) is 13.3. The Morgan fingerprint density at radius 2 is 1.82 bits per heavy atom. The first-order valence-corrected chi connectivity index (χ1v) is 7.62. The summed E-state index contributed by atoms with van der Waals surface area (Å²) in [5, 5.41) is 0. The summed E-state index contributed by atoms with van der Waals surface area (Å²) in [4.78, 5) is 14.4. The lowest BCUT2D eigenvalue weighted by Crippen LogP contribution is -3.00. The smallest absolute Gasteiger partial charge is 0.338 e. The van der Waals surface area contributed by atoms with Gasteiger partial charge in [-0.3, -0.25) is 4.90 Å². The quantitative estimate of drug-likeness (QED) is 0.672. The highest BCUT2D eigenvalue weighted by Gasteiger charge is 2.16. The molecule has 1 aromatic carbocycles. The van der Waals surface area contributed by atoms with E-state index in [1.54, 1.807) is 18.2 Å². The number of nitrogens with zero attached hydrogens (tertiary/aromatic N) is 1. The van der Waals surface area contributed by atoms with Gasteiger partial charge in [-0.25, -0.2) is 4.79 Å². The third kappa shape index (κ3) is 4.27. The van der Waals surface area contributed by atoms with Gasteiger partial charge in [-0.1, -0.05) is 6.42 Å². The lowest BCUT2D eigenvalue weighted by atomic mass is 10.1. The number of carbonyl (C=O) groups excluding carboxylic acids is 1. The van der Waals surface area contributed by atoms with Gasteiger partial charge in [0.25, 0.3) is 0 Å². The minimum atomic E-state index is -0.302. The Bertz CT molecular complexity index is 503. The number of halogens is 1. The zero-order chi connectivity index (χ0) is 14.5. The summed E-state index contributed by atoms with van der Waals surface area (Å²) in [6.45, 7) is 4.54. The van der Waals surface area contributed by atoms with Gasteiger partial charge >= 0.3 is 5.97 Å². The normalized spacial score (nSPS) is 17.5. The predicted octanol–water partition coefficient (Wildman–Crippen LogP) is -0.895. The van der Waals surface area contributed by atoms with Crippen molar-refractivity contribution in [2.24, 2.45) is 0 Å². The van der Waals surface area contributed by atoms with E-state index in [1.165, 1.54) is 19.3 Å². The average Bonchev–Trinajstić information content (AvgIpc) is 2.55. The van der Waals surface area contributed by atoms with Crippen LogP contribution in [0, 0.1) is 0 Å². The molecule has 1 fully saturated rings. The third-order valence-corrected chi connectivity index (χ3v) is 3.87. The highest BCUT2D eigenvalue weighted by atomic mass is 35.5. The van der Waals surface area contributed by atoms with Crippen LogP contribution >= 0.6 is 0 Å². The second-order valence-corrected chi connectivity index (χ2v) is 5.40. The standard InChI is InChI=1S/C16H21NO4.ClH/c18-16(21-9-8-17-6-2-1-3-7-17)13-4-5-14-15(12-13)20-11-10-19-14;/h4-5,12H,1-3,6-11H2;1H/p-1. The maximum Gasteiger partial charge on any atom is 0.338 e. The number of benzene rings is 1. The van der Waals surface area contributed by atoms with Gasteiger partial charge in [-0.2, -0.15) is 0 Å². The molecule has 2 aliphatic heterocycles. The largest absolute Gasteiger partial charge is 1.00 e. The molecule has 0 spiro atoms. The average molecular weight is 327 g/mol. The van der Waals surface area contributed by atoms with Gasteiger partial charge in [0.05, 0.1) is 5.56 Å². The fraction of sp³-hybridized carbons (Fsp3) is 0.562. The van der Waals surface area contributed by atoms with Crippen LogP contribution in [0.3, 0.4) is 0 Å². The van der Waals surface area contributed by atoms with E-state index < -0.39 is 0 Å². The molecule has 1 aromatic rings. The SMILES string of the molecule is O=C(OCCN1CCCCC1)c1ccc2c(c1)OCCO2.[Cl-]. The maximum atomic E-state index is 12.0. The van der Waals surface area contributed by atoms with Crippen LogP contribution in [0.2, 0.25) is 0 Å². The number of hydrogen-bond donors (Lipinski definition) is 0. The Balaban J connectivity index is 0.00000176. The summed E-state index contributed by atoms with van der Waals surface area (Å²) in [7, 11) is 0. The summed E-state index contributed by atoms with van der Waals surface area (Å²) in [5.41, 5.74) is 0.512. The molecule has 122 valence electrons. The number of esters is 1. The van der Waals surface area contributed by atoms with Crippen molar-refractivity contribution < 1.29 is 31.4 Å². The first kappa shape index (κ1) is 16.9. The number of fused-ring (bicyclic) bond motifs is 1. The molecule has 1 saturated heterocycles. The van der Waals surface area contributed by atoms with Crippen molar-refractivity contribution in [2.75, 3.05) is 39.5 Å². The summed E-state index contributed by atoms with van der Waals surface area (Å²) >= 11 is 0. The Kier molecular flexibility index (Phi) is 6.34. The number of carbonyl (C=O) groups is 1. The molecule has 6 heteroatoms. The minimum absolute atomic E-state index is 0. The molecule has 0 atom stereocenters. The molecular weight excluding hydrogens is 306 g/mol. The van der Waals surface area contributed by atoms with Crippen LogP contribution < -0.4 is 21.9 Å². The molecule has 2 heterocycles. The van der Waals surface area contributed by atoms with Gasteiger partial charge < -0.3 is 26.6 Å². The maximum absolute atomic E-state index is 12.0. The van der Waals surface area contributed by atoms with Gasteiger partial charge in [0.2, 0.25) is 0 Å². The van der Waals surface area contributed by atoms with Crippen molar-refractivity contribution in [3.8, 4) is 11.5 Å². The molecule has 0 saturated carbocycles. The van der Waals surface area contributed by atoms with E-state index in [2.05, 4.69) is 4.90 Å². The van der Waals surface area contributed by atoms with Crippen molar-refractivity contribution in [1.82, 2.24) is 4.90 Å². The second kappa shape index (κ2) is 8.25. The van der Waals surface area contributed by atoms with Gasteiger partial charge in [-0.15, -0.1) is 0 Å². The van der Waals surface area contributed by atoms with Crippen LogP contribution in [0.4, 0.5) is 0 Å². The summed E-state index contributed by atoms with van der Waals surface area (Å²) in [6.07, 6.45) is 3.81. The monoisotopic (exact) mass is 326 g/mol. The van der Waals surface area contributed by atoms with Crippen LogP contribution in [0.1, 0.15) is 29.6 Å². The van der Waals surface area contributed by atoms with Crippen molar-refractivity contribution in [1.29, 1.82) is 0 Å². The first-order valence-electron chi connectivity index (χ1n) is 7.62. The van der Waals surface area contributed by atoms with E-state index in [0.717, 1.165) is 19.6 Å². The highest BCUT2D eigenvalue weighted by molar-refractivity contribution is 5.90. The van der Waals surface area contributed by atoms with Crippen molar-refractivity contribution in [3.05, 3.63) is 23.8 Å². The molecule has 0 radical (unpaired) electrons. The Hall–Kier alpha value is -1.46. The Morgan fingerprint density at radius 3 is 2.59 bits per heavy atom. The molecule has 0 N–H and O–H groups in total. The van der Waals surface area contributed by atoms with E-state index in [-0.39, 0.29) is 18.4 Å². The Labute approximate surface area is 136 Å². The number of rotatable bonds is 4. The van der Waals surface area contributed by atoms with Crippen LogP contribution in [0.15, 0.2) is 18.2 Å². The van der Waals surface area contributed by atoms with Crippen molar-refractivity contribution in [3.63, 3.8) is 0 Å². The number of piperidine rings is 1. The van der Waals surface area contributed by atoms with Gasteiger partial charge in [0.1, 0.15) is 19.8 Å². The Morgan fingerprint density at radius 1 is 1.09 bits per heavy atom. The summed E-state index contributed by atoms with van der Waals surface area (Å²) in [5.74, 6) is 1.00. The molecular formula is C16H21ClNO4-. The van der Waals surface area contributed by atoms with E-state index >= 15 is 0 Å². The summed E-state index contributed by atoms with van der Waals surface area (Å²) < 4.78 is 16.3. The summed E-state index contributed by atoms with van der Waals surface area (Å²) in [6, 6.07) is 5.17. The number of hydrogen-bond acceptors (Lipinski definition) is 5. The first-order chi connectivity index (χ1) is 10.3. The van der Waals surface area contributed by atoms with Crippen LogP contribution in [-0.2, 0) is 4.74 Å². The van der Waals surface area contributed by atoms with E-state index in [4.69, 9.17) is 14.2 Å². The topological polar surface area (TPSA) is 48.0 Å². The molecule has 0 aliphatic carbocycles. The molecule has 3 rings (SSSR count). The molecule has 0 bridgehead atoms. The van der Waals surface area contributed by atoms with Crippen LogP contribution in [-0.4, -0.2) is 50.3 Å². The fourth-order valence-corrected chi connectivity index (χ4v) is 2.70. The molecule has 22 heavy (non-hydrogen) atoms. The second-order valence-electron chi connectivity index (χ2n) is 5.40. The van der Waals surface area contributed by atoms with Gasteiger partial charge in [0, 0.05) is 6.54 Å². The predicted molar refractivity (Wildman–Crippen MR) is 78.0 cm³/mol. The van der Waals surface area contributed by atoms with Crippen LogP contribution in [0.25, 0.3) is 0 Å². The number of ether oxygens (including phenoxy) is 3. The van der Waals surface area contributed by atoms with Gasteiger partial charge in [0.15, 0.2) is 11.5 Å².